The largest absolute Gasteiger partial charge is 0.342 e. The molecule has 27 heavy (non-hydrogen) atoms. The van der Waals surface area contributed by atoms with Gasteiger partial charge in [-0.15, -0.1) is 0 Å². The fraction of sp³-hybridized carbons (Fsp3) is 0.958. The van der Waals surface area contributed by atoms with E-state index in [0.29, 0.717) is 5.91 Å². The highest BCUT2D eigenvalue weighted by Gasteiger charge is 2.40. The highest BCUT2D eigenvalue weighted by molar-refractivity contribution is 5.76. The van der Waals surface area contributed by atoms with E-state index in [2.05, 4.69) is 30.6 Å². The summed E-state index contributed by atoms with van der Waals surface area (Å²) in [5, 5.41) is 0. The lowest BCUT2D eigenvalue weighted by Crippen LogP contribution is -2.33. The zero-order valence-corrected chi connectivity index (χ0v) is 18.6. The van der Waals surface area contributed by atoms with E-state index < -0.39 is 0 Å². The number of nitrogens with zero attached hydrogens (tertiary/aromatic N) is 2. The minimum absolute atomic E-state index is 0.416. The van der Waals surface area contributed by atoms with Crippen LogP contribution >= 0.6 is 0 Å². The number of carbonyl (C=O) groups excluding carboxylic acids is 1. The molecule has 3 nitrogen and oxygen atoms in total. The molecule has 2 atom stereocenters. The van der Waals surface area contributed by atoms with E-state index in [0.717, 1.165) is 43.7 Å². The van der Waals surface area contributed by atoms with E-state index in [4.69, 9.17) is 0 Å². The first kappa shape index (κ1) is 22.7. The van der Waals surface area contributed by atoms with Gasteiger partial charge >= 0.3 is 0 Å². The van der Waals surface area contributed by atoms with E-state index in [1.807, 2.05) is 0 Å². The second-order valence-electron chi connectivity index (χ2n) is 9.33. The number of rotatable bonds is 14. The Bertz CT molecular complexity index is 389. The van der Waals surface area contributed by atoms with Crippen LogP contribution in [0.5, 0.6) is 0 Å². The summed E-state index contributed by atoms with van der Waals surface area (Å²) in [6.45, 7) is 12.6. The van der Waals surface area contributed by atoms with Crippen LogP contribution in [0.15, 0.2) is 0 Å². The third-order valence-electron chi connectivity index (χ3n) is 6.93. The molecule has 2 aliphatic rings. The first-order chi connectivity index (χ1) is 13.2. The topological polar surface area (TPSA) is 23.6 Å². The van der Waals surface area contributed by atoms with E-state index in [1.165, 1.54) is 83.8 Å². The van der Waals surface area contributed by atoms with Gasteiger partial charge < -0.3 is 9.80 Å². The average molecular weight is 379 g/mol. The molecule has 2 unspecified atom stereocenters. The molecule has 0 radical (unpaired) electrons. The molecule has 0 aromatic carbocycles. The summed E-state index contributed by atoms with van der Waals surface area (Å²) < 4.78 is 0. The lowest BCUT2D eigenvalue weighted by Gasteiger charge is -2.23. The summed E-state index contributed by atoms with van der Waals surface area (Å²) in [5.74, 6) is 2.87. The maximum atomic E-state index is 12.4. The average Bonchev–Trinajstić information content (AvgIpc) is 3.22. The number of amides is 1. The molecular formula is C24H46N2O. The van der Waals surface area contributed by atoms with Crippen LogP contribution in [-0.2, 0) is 4.79 Å². The van der Waals surface area contributed by atoms with E-state index in [9.17, 15) is 4.79 Å². The smallest absolute Gasteiger partial charge is 0.222 e. The summed E-state index contributed by atoms with van der Waals surface area (Å²) in [6, 6.07) is 0. The molecule has 2 aliphatic heterocycles. The number of fused-ring (bicyclic) bond motifs is 1. The normalized spacial score (nSPS) is 22.7. The molecule has 0 bridgehead atoms. The molecule has 0 N–H and O–H groups in total. The summed E-state index contributed by atoms with van der Waals surface area (Å²) >= 11 is 0. The zero-order chi connectivity index (χ0) is 19.5. The van der Waals surface area contributed by atoms with E-state index >= 15 is 0 Å². The second-order valence-corrected chi connectivity index (χ2v) is 9.33. The molecule has 2 saturated heterocycles. The molecule has 0 saturated carbocycles. The summed E-state index contributed by atoms with van der Waals surface area (Å²) in [5.41, 5.74) is 0. The van der Waals surface area contributed by atoms with Crippen LogP contribution in [0.2, 0.25) is 0 Å². The van der Waals surface area contributed by atoms with Crippen molar-refractivity contribution in [2.45, 2.75) is 97.8 Å². The van der Waals surface area contributed by atoms with Gasteiger partial charge in [0.05, 0.1) is 0 Å². The number of carbonyl (C=O) groups is 1. The SMILES string of the molecule is CCCCCC(=O)N1CC2CN(CCCC(CCCC)CCCC)CC2C1. The highest BCUT2D eigenvalue weighted by atomic mass is 16.2. The Hall–Kier alpha value is -0.570. The molecule has 2 fully saturated rings. The van der Waals surface area contributed by atoms with Gasteiger partial charge in [0.15, 0.2) is 0 Å². The highest BCUT2D eigenvalue weighted by Crippen LogP contribution is 2.32. The van der Waals surface area contributed by atoms with Crippen LogP contribution in [-0.4, -0.2) is 48.4 Å². The van der Waals surface area contributed by atoms with Crippen molar-refractivity contribution in [3.8, 4) is 0 Å². The van der Waals surface area contributed by atoms with Crippen molar-refractivity contribution in [2.75, 3.05) is 32.7 Å². The maximum absolute atomic E-state index is 12.4. The van der Waals surface area contributed by atoms with Crippen LogP contribution in [0.4, 0.5) is 0 Å². The van der Waals surface area contributed by atoms with Crippen molar-refractivity contribution in [2.24, 2.45) is 17.8 Å². The van der Waals surface area contributed by atoms with Gasteiger partial charge in [0.25, 0.3) is 0 Å². The van der Waals surface area contributed by atoms with Crippen LogP contribution in [0, 0.1) is 17.8 Å². The Morgan fingerprint density at radius 2 is 1.33 bits per heavy atom. The predicted molar refractivity (Wildman–Crippen MR) is 116 cm³/mol. The Balaban J connectivity index is 1.63. The van der Waals surface area contributed by atoms with E-state index in [-0.39, 0.29) is 0 Å². The molecule has 158 valence electrons. The summed E-state index contributed by atoms with van der Waals surface area (Å²) in [4.78, 5) is 17.2. The van der Waals surface area contributed by atoms with Gasteiger partial charge in [-0.05, 0) is 43.6 Å². The molecule has 2 rings (SSSR count). The number of hydrogen-bond donors (Lipinski definition) is 0. The first-order valence-electron chi connectivity index (χ1n) is 12.2. The fourth-order valence-electron chi connectivity index (χ4n) is 5.18. The van der Waals surface area contributed by atoms with Crippen molar-refractivity contribution in [3.05, 3.63) is 0 Å². The minimum atomic E-state index is 0.416. The molecule has 2 heterocycles. The fourth-order valence-corrected chi connectivity index (χ4v) is 5.18. The Kier molecular flexibility index (Phi) is 10.8. The quantitative estimate of drug-likeness (QED) is 0.360. The molecule has 0 aliphatic carbocycles. The van der Waals surface area contributed by atoms with Gasteiger partial charge in [-0.25, -0.2) is 0 Å². The third-order valence-corrected chi connectivity index (χ3v) is 6.93. The van der Waals surface area contributed by atoms with Gasteiger partial charge in [-0.2, -0.15) is 0 Å². The maximum Gasteiger partial charge on any atom is 0.222 e. The van der Waals surface area contributed by atoms with Gasteiger partial charge in [0.1, 0.15) is 0 Å². The number of likely N-dealkylation sites (tertiary alicyclic amines) is 2. The number of hydrogen-bond acceptors (Lipinski definition) is 2. The zero-order valence-electron chi connectivity index (χ0n) is 18.6. The molecular weight excluding hydrogens is 332 g/mol. The minimum Gasteiger partial charge on any atom is -0.342 e. The molecule has 0 aromatic heterocycles. The predicted octanol–water partition coefficient (Wildman–Crippen LogP) is 5.73. The van der Waals surface area contributed by atoms with Crippen molar-refractivity contribution >= 4 is 5.91 Å². The Morgan fingerprint density at radius 1 is 0.778 bits per heavy atom. The van der Waals surface area contributed by atoms with E-state index in [1.54, 1.807) is 0 Å². The second kappa shape index (κ2) is 12.8. The van der Waals surface area contributed by atoms with Crippen LogP contribution in [0.3, 0.4) is 0 Å². The molecule has 0 spiro atoms. The van der Waals surface area contributed by atoms with Crippen molar-refractivity contribution in [1.82, 2.24) is 9.80 Å². The summed E-state index contributed by atoms with van der Waals surface area (Å²) in [7, 11) is 0. The van der Waals surface area contributed by atoms with Gasteiger partial charge in [0.2, 0.25) is 5.91 Å². The molecule has 1 amide bonds. The Morgan fingerprint density at radius 3 is 1.89 bits per heavy atom. The van der Waals surface area contributed by atoms with Crippen molar-refractivity contribution in [3.63, 3.8) is 0 Å². The lowest BCUT2D eigenvalue weighted by molar-refractivity contribution is -0.130. The molecule has 0 aromatic rings. The Labute approximate surface area is 169 Å². The van der Waals surface area contributed by atoms with Gasteiger partial charge in [-0.1, -0.05) is 72.1 Å². The first-order valence-corrected chi connectivity index (χ1v) is 12.2. The van der Waals surface area contributed by atoms with Crippen LogP contribution in [0.1, 0.15) is 97.8 Å². The van der Waals surface area contributed by atoms with Gasteiger partial charge in [-0.3, -0.25) is 4.79 Å². The standard InChI is InChI=1S/C24H46N2O/c1-4-7-10-15-24(27)26-19-22-17-25(18-23(22)20-26)16-11-14-21(12-8-5-2)13-9-6-3/h21-23H,4-20H2,1-3H3. The molecule has 3 heteroatoms. The van der Waals surface area contributed by atoms with Crippen molar-refractivity contribution in [1.29, 1.82) is 0 Å². The van der Waals surface area contributed by atoms with Crippen LogP contribution in [0.25, 0.3) is 0 Å². The number of unbranched alkanes of at least 4 members (excludes halogenated alkanes) is 4. The monoisotopic (exact) mass is 378 g/mol. The van der Waals surface area contributed by atoms with Gasteiger partial charge in [0, 0.05) is 32.6 Å². The summed E-state index contributed by atoms with van der Waals surface area (Å²) in [6.07, 6.45) is 15.4. The third kappa shape index (κ3) is 7.75. The van der Waals surface area contributed by atoms with Crippen molar-refractivity contribution < 1.29 is 4.79 Å². The van der Waals surface area contributed by atoms with Crippen LogP contribution < -0.4 is 0 Å². The lowest BCUT2D eigenvalue weighted by atomic mass is 9.91.